The Kier molecular flexibility index (Phi) is 7.86. The minimum atomic E-state index is -6.94. The van der Waals surface area contributed by atoms with Crippen LogP contribution in [0.15, 0.2) is 25.3 Å². The molecule has 0 saturated heterocycles. The van der Waals surface area contributed by atoms with Gasteiger partial charge in [0.15, 0.2) is 0 Å². The maximum atomic E-state index is 13.7. The lowest BCUT2D eigenvalue weighted by Crippen LogP contribution is -2.62. The van der Waals surface area contributed by atoms with Crippen molar-refractivity contribution in [2.45, 2.75) is 61.1 Å². The zero-order valence-corrected chi connectivity index (χ0v) is 13.8. The Bertz CT molecular complexity index is 524. The van der Waals surface area contributed by atoms with Crippen LogP contribution in [0.2, 0.25) is 0 Å². The molecule has 0 aromatic carbocycles. The molecule has 0 aliphatic carbocycles. The molecule has 1 nitrogen and oxygen atoms in total. The van der Waals surface area contributed by atoms with E-state index in [0.717, 1.165) is 0 Å². The third kappa shape index (κ3) is 4.97. The highest BCUT2D eigenvalue weighted by atomic mass is 19.4. The quantitative estimate of drug-likeness (QED) is 0.264. The summed E-state index contributed by atoms with van der Waals surface area (Å²) in [5.41, 5.74) is 0. The minimum absolute atomic E-state index is 0.191. The second-order valence-corrected chi connectivity index (χ2v) is 5.55. The average molecular weight is 462 g/mol. The van der Waals surface area contributed by atoms with E-state index in [2.05, 4.69) is 17.9 Å². The van der Waals surface area contributed by atoms with E-state index >= 15 is 0 Å². The van der Waals surface area contributed by atoms with Crippen LogP contribution in [0.4, 0.5) is 61.5 Å². The fourth-order valence-electron chi connectivity index (χ4n) is 1.86. The van der Waals surface area contributed by atoms with E-state index in [-0.39, 0.29) is 12.2 Å². The first kappa shape index (κ1) is 27.5. The van der Waals surface area contributed by atoms with Gasteiger partial charge in [0.2, 0.25) is 0 Å². The van der Waals surface area contributed by atoms with E-state index in [9.17, 15) is 61.5 Å². The standard InChI is InChI=1S/C14H12F14O/c1-3-5-7(9(15,16)11(19,20)13(23,24)25)29-8(6-4-2)10(17,18)12(21,22)14(26,27)28/h3-4,7-8H,1-2,5-6H2. The molecule has 0 aliphatic rings. The van der Waals surface area contributed by atoms with Crippen molar-refractivity contribution in [3.63, 3.8) is 0 Å². The lowest BCUT2D eigenvalue weighted by molar-refractivity contribution is -0.396. The van der Waals surface area contributed by atoms with E-state index in [1.807, 2.05) is 0 Å². The van der Waals surface area contributed by atoms with Gasteiger partial charge in [-0.2, -0.15) is 61.5 Å². The largest absolute Gasteiger partial charge is 0.459 e. The second-order valence-electron chi connectivity index (χ2n) is 5.55. The summed E-state index contributed by atoms with van der Waals surface area (Å²) in [6.07, 6.45) is -24.8. The molecule has 29 heavy (non-hydrogen) atoms. The van der Waals surface area contributed by atoms with Crippen molar-refractivity contribution in [3.8, 4) is 0 Å². The summed E-state index contributed by atoms with van der Waals surface area (Å²) in [5.74, 6) is -26.5. The molecule has 172 valence electrons. The average Bonchev–Trinajstić information content (AvgIpc) is 2.50. The number of halogens is 14. The van der Waals surface area contributed by atoms with Gasteiger partial charge in [0, 0.05) is 0 Å². The van der Waals surface area contributed by atoms with Crippen molar-refractivity contribution in [3.05, 3.63) is 25.3 Å². The van der Waals surface area contributed by atoms with E-state index in [1.54, 1.807) is 0 Å². The second kappa shape index (κ2) is 8.30. The Balaban J connectivity index is 6.28. The summed E-state index contributed by atoms with van der Waals surface area (Å²) < 4.78 is 185. The van der Waals surface area contributed by atoms with Gasteiger partial charge in [-0.25, -0.2) is 0 Å². The van der Waals surface area contributed by atoms with Gasteiger partial charge in [0.05, 0.1) is 0 Å². The highest BCUT2D eigenvalue weighted by Crippen LogP contribution is 2.52. The Morgan fingerprint density at radius 3 is 0.966 bits per heavy atom. The molecule has 0 radical (unpaired) electrons. The maximum absolute atomic E-state index is 13.7. The molecule has 0 rings (SSSR count). The molecule has 0 bridgehead atoms. The Hall–Kier alpha value is -1.54. The van der Waals surface area contributed by atoms with Crippen molar-refractivity contribution in [2.75, 3.05) is 0 Å². The summed E-state index contributed by atoms with van der Waals surface area (Å²) in [4.78, 5) is 0. The molecule has 15 heteroatoms. The molecule has 2 unspecified atom stereocenters. The predicted octanol–water partition coefficient (Wildman–Crippen LogP) is 6.56. The van der Waals surface area contributed by atoms with Crippen LogP contribution in [0.3, 0.4) is 0 Å². The smallest absolute Gasteiger partial charge is 0.361 e. The van der Waals surface area contributed by atoms with Crippen molar-refractivity contribution in [2.24, 2.45) is 0 Å². The summed E-state index contributed by atoms with van der Waals surface area (Å²) in [6, 6.07) is 0. The summed E-state index contributed by atoms with van der Waals surface area (Å²) >= 11 is 0. The van der Waals surface area contributed by atoms with Crippen LogP contribution in [0.5, 0.6) is 0 Å². The van der Waals surface area contributed by atoms with Crippen LogP contribution < -0.4 is 0 Å². The molecule has 0 aromatic rings. The molecule has 0 saturated carbocycles. The van der Waals surface area contributed by atoms with E-state index in [0.29, 0.717) is 0 Å². The fourth-order valence-corrected chi connectivity index (χ4v) is 1.86. The molecule has 0 spiro atoms. The van der Waals surface area contributed by atoms with Gasteiger partial charge in [-0.05, 0) is 12.8 Å². The summed E-state index contributed by atoms with van der Waals surface area (Å²) in [6.45, 7) is 5.37. The van der Waals surface area contributed by atoms with Crippen LogP contribution in [-0.2, 0) is 4.74 Å². The molecule has 0 amide bonds. The van der Waals surface area contributed by atoms with Crippen molar-refractivity contribution < 1.29 is 66.2 Å². The predicted molar refractivity (Wildman–Crippen MR) is 70.2 cm³/mol. The van der Waals surface area contributed by atoms with Gasteiger partial charge in [-0.1, -0.05) is 12.2 Å². The van der Waals surface area contributed by atoms with Crippen molar-refractivity contribution >= 4 is 0 Å². The fraction of sp³-hybridized carbons (Fsp3) is 0.714. The molecule has 0 aliphatic heterocycles. The Morgan fingerprint density at radius 2 is 0.793 bits per heavy atom. The summed E-state index contributed by atoms with van der Waals surface area (Å²) in [5, 5.41) is 0. The number of hydrogen-bond donors (Lipinski definition) is 0. The third-order valence-electron chi connectivity index (χ3n) is 3.45. The van der Waals surface area contributed by atoms with Gasteiger partial charge >= 0.3 is 36.0 Å². The van der Waals surface area contributed by atoms with E-state index in [4.69, 9.17) is 0 Å². The van der Waals surface area contributed by atoms with Gasteiger partial charge in [0.1, 0.15) is 12.2 Å². The van der Waals surface area contributed by atoms with Gasteiger partial charge < -0.3 is 4.74 Å². The maximum Gasteiger partial charge on any atom is 0.459 e. The molecule has 2 atom stereocenters. The van der Waals surface area contributed by atoms with Crippen LogP contribution in [0.25, 0.3) is 0 Å². The van der Waals surface area contributed by atoms with Gasteiger partial charge in [-0.15, -0.1) is 13.2 Å². The monoisotopic (exact) mass is 462 g/mol. The van der Waals surface area contributed by atoms with Crippen LogP contribution in [0.1, 0.15) is 12.8 Å². The SMILES string of the molecule is C=CCC(OC(CC=C)C(F)(F)C(F)(F)C(F)(F)F)C(F)(F)C(F)(F)C(F)(F)F. The first-order valence-corrected chi connectivity index (χ1v) is 7.14. The van der Waals surface area contributed by atoms with Gasteiger partial charge in [-0.3, -0.25) is 0 Å². The minimum Gasteiger partial charge on any atom is -0.361 e. The Labute approximate surface area is 154 Å². The van der Waals surface area contributed by atoms with Crippen LogP contribution >= 0.6 is 0 Å². The third-order valence-corrected chi connectivity index (χ3v) is 3.45. The molecule has 0 N–H and O–H groups in total. The first-order valence-electron chi connectivity index (χ1n) is 7.14. The number of hydrogen-bond acceptors (Lipinski definition) is 1. The normalized spacial score (nSPS) is 17.0. The van der Waals surface area contributed by atoms with Crippen molar-refractivity contribution in [1.82, 2.24) is 0 Å². The summed E-state index contributed by atoms with van der Waals surface area (Å²) in [7, 11) is 0. The zero-order valence-electron chi connectivity index (χ0n) is 13.8. The topological polar surface area (TPSA) is 9.23 Å². The Morgan fingerprint density at radius 1 is 0.552 bits per heavy atom. The van der Waals surface area contributed by atoms with Crippen LogP contribution in [0, 0.1) is 0 Å². The lowest BCUT2D eigenvalue weighted by Gasteiger charge is -2.39. The van der Waals surface area contributed by atoms with Crippen LogP contribution in [-0.4, -0.2) is 48.3 Å². The molecular weight excluding hydrogens is 450 g/mol. The molecule has 0 aromatic heterocycles. The van der Waals surface area contributed by atoms with E-state index in [1.165, 1.54) is 0 Å². The van der Waals surface area contributed by atoms with E-state index < -0.39 is 61.1 Å². The molecular formula is C14H12F14O. The zero-order chi connectivity index (χ0) is 23.7. The molecule has 0 fully saturated rings. The number of rotatable bonds is 10. The number of alkyl halides is 14. The first-order chi connectivity index (χ1) is 12.6. The van der Waals surface area contributed by atoms with Crippen molar-refractivity contribution in [1.29, 1.82) is 0 Å². The molecule has 0 heterocycles. The highest BCUT2D eigenvalue weighted by molar-refractivity contribution is 5.03. The lowest BCUT2D eigenvalue weighted by atomic mass is 9.98. The van der Waals surface area contributed by atoms with Gasteiger partial charge in [0.25, 0.3) is 0 Å². The highest BCUT2D eigenvalue weighted by Gasteiger charge is 2.78. The number of ether oxygens (including phenoxy) is 1.